The monoisotopic (exact) mass is 350 g/mol. The molecule has 2 aromatic rings. The highest BCUT2D eigenvalue weighted by molar-refractivity contribution is 7.89. The van der Waals surface area contributed by atoms with E-state index in [0.29, 0.717) is 15.8 Å². The molecule has 0 amide bonds. The van der Waals surface area contributed by atoms with Crippen molar-refractivity contribution in [2.24, 2.45) is 0 Å². The van der Waals surface area contributed by atoms with Crippen molar-refractivity contribution in [1.29, 1.82) is 0 Å². The Balaban J connectivity index is 2.00. The fraction of sp³-hybridized carbons (Fsp3) is 0.333. The van der Waals surface area contributed by atoms with E-state index in [4.69, 9.17) is 11.6 Å². The fourth-order valence-electron chi connectivity index (χ4n) is 1.54. The van der Waals surface area contributed by atoms with E-state index in [0.717, 1.165) is 16.3 Å². The van der Waals surface area contributed by atoms with Crippen molar-refractivity contribution in [3.63, 3.8) is 0 Å². The van der Waals surface area contributed by atoms with Crippen LogP contribution in [0, 0.1) is 0 Å². The van der Waals surface area contributed by atoms with Crippen LogP contribution in [0.2, 0.25) is 4.34 Å². The second-order valence-corrected chi connectivity index (χ2v) is 8.62. The van der Waals surface area contributed by atoms with Crippen LogP contribution in [0.4, 0.5) is 0 Å². The summed E-state index contributed by atoms with van der Waals surface area (Å²) in [4.78, 5) is 2.21. The molecule has 4 nitrogen and oxygen atoms in total. The van der Waals surface area contributed by atoms with Crippen LogP contribution in [0.25, 0.3) is 0 Å². The van der Waals surface area contributed by atoms with Crippen LogP contribution in [0.1, 0.15) is 16.7 Å². The molecule has 0 spiro atoms. The van der Waals surface area contributed by atoms with Crippen molar-refractivity contribution in [2.75, 3.05) is 6.54 Å². The van der Waals surface area contributed by atoms with Gasteiger partial charge in [0, 0.05) is 28.2 Å². The Kier molecular flexibility index (Phi) is 5.59. The molecule has 0 aliphatic carbocycles. The Bertz CT molecular complexity index is 664. The van der Waals surface area contributed by atoms with E-state index < -0.39 is 10.0 Å². The Morgan fingerprint density at radius 3 is 2.70 bits per heavy atom. The van der Waals surface area contributed by atoms with Crippen molar-refractivity contribution in [3.05, 3.63) is 37.7 Å². The molecule has 0 radical (unpaired) electrons. The van der Waals surface area contributed by atoms with Gasteiger partial charge in [0.2, 0.25) is 10.0 Å². The summed E-state index contributed by atoms with van der Waals surface area (Å²) in [6, 6.07) is 5.28. The molecular formula is C12H15ClN2O2S3. The summed E-state index contributed by atoms with van der Waals surface area (Å²) in [5.74, 6) is 0. The summed E-state index contributed by atoms with van der Waals surface area (Å²) >= 11 is 8.63. The van der Waals surface area contributed by atoms with Crippen LogP contribution in [0.15, 0.2) is 28.5 Å². The minimum Gasteiger partial charge on any atom is -0.312 e. The normalized spacial score (nSPS) is 11.9. The predicted molar refractivity (Wildman–Crippen MR) is 85.1 cm³/mol. The quantitative estimate of drug-likeness (QED) is 0.806. The second kappa shape index (κ2) is 7.02. The van der Waals surface area contributed by atoms with Crippen LogP contribution >= 0.6 is 34.3 Å². The average molecular weight is 351 g/mol. The number of hydrogen-bond donors (Lipinski definition) is 2. The van der Waals surface area contributed by atoms with Crippen LogP contribution in [0.5, 0.6) is 0 Å². The molecule has 0 atom stereocenters. The van der Waals surface area contributed by atoms with Gasteiger partial charge < -0.3 is 5.32 Å². The molecule has 0 bridgehead atoms. The highest BCUT2D eigenvalue weighted by atomic mass is 35.5. The number of sulfonamides is 1. The molecule has 0 aliphatic heterocycles. The van der Waals surface area contributed by atoms with Gasteiger partial charge in [-0.15, -0.1) is 22.7 Å². The molecule has 0 fully saturated rings. The molecule has 0 aliphatic rings. The summed E-state index contributed by atoms with van der Waals surface area (Å²) in [7, 11) is -3.46. The van der Waals surface area contributed by atoms with Crippen LogP contribution in [0.3, 0.4) is 0 Å². The number of hydrogen-bond acceptors (Lipinski definition) is 5. The Morgan fingerprint density at radius 1 is 1.25 bits per heavy atom. The topological polar surface area (TPSA) is 58.2 Å². The molecule has 0 aromatic carbocycles. The van der Waals surface area contributed by atoms with Gasteiger partial charge >= 0.3 is 0 Å². The Labute approximate surface area is 131 Å². The summed E-state index contributed by atoms with van der Waals surface area (Å²) < 4.78 is 27.5. The van der Waals surface area contributed by atoms with Crippen LogP contribution in [-0.2, 0) is 23.1 Å². The maximum Gasteiger partial charge on any atom is 0.241 e. The first-order valence-corrected chi connectivity index (χ1v) is 9.59. The maximum atomic E-state index is 12.1. The third kappa shape index (κ3) is 4.28. The van der Waals surface area contributed by atoms with Gasteiger partial charge in [-0.3, -0.25) is 0 Å². The molecule has 2 rings (SSSR count). The summed E-state index contributed by atoms with van der Waals surface area (Å²) in [5.41, 5.74) is 0. The van der Waals surface area contributed by atoms with Gasteiger partial charge in [0.1, 0.15) is 0 Å². The minimum absolute atomic E-state index is 0.262. The molecule has 2 N–H and O–H groups in total. The minimum atomic E-state index is -3.46. The van der Waals surface area contributed by atoms with Crippen molar-refractivity contribution in [3.8, 4) is 0 Å². The zero-order chi connectivity index (χ0) is 14.6. The molecule has 2 heterocycles. The van der Waals surface area contributed by atoms with Gasteiger partial charge in [-0.2, -0.15) is 0 Å². The smallest absolute Gasteiger partial charge is 0.241 e. The first kappa shape index (κ1) is 15.9. The first-order valence-electron chi connectivity index (χ1n) is 6.03. The van der Waals surface area contributed by atoms with Gasteiger partial charge in [-0.25, -0.2) is 13.1 Å². The lowest BCUT2D eigenvalue weighted by atomic mass is 10.4. The molecule has 8 heteroatoms. The van der Waals surface area contributed by atoms with Crippen LogP contribution in [-0.4, -0.2) is 15.0 Å². The Morgan fingerprint density at radius 2 is 2.05 bits per heavy atom. The average Bonchev–Trinajstić information content (AvgIpc) is 3.03. The van der Waals surface area contributed by atoms with E-state index >= 15 is 0 Å². The van der Waals surface area contributed by atoms with Gasteiger partial charge in [-0.05, 0) is 24.7 Å². The summed E-state index contributed by atoms with van der Waals surface area (Å²) in [5, 5.41) is 4.84. The zero-order valence-electron chi connectivity index (χ0n) is 10.8. The van der Waals surface area contributed by atoms with Gasteiger partial charge in [0.25, 0.3) is 0 Å². The van der Waals surface area contributed by atoms with Gasteiger partial charge in [0.05, 0.1) is 9.23 Å². The fourth-order valence-corrected chi connectivity index (χ4v) is 4.91. The number of rotatable bonds is 7. The van der Waals surface area contributed by atoms with Crippen molar-refractivity contribution in [2.45, 2.75) is 24.9 Å². The van der Waals surface area contributed by atoms with Crippen molar-refractivity contribution >= 4 is 44.3 Å². The lowest BCUT2D eigenvalue weighted by Gasteiger charge is -2.03. The lowest BCUT2D eigenvalue weighted by Crippen LogP contribution is -2.22. The zero-order valence-corrected chi connectivity index (χ0v) is 14.1. The van der Waals surface area contributed by atoms with E-state index in [1.54, 1.807) is 17.5 Å². The SMILES string of the molecule is CCNCc1cc(S(=O)(=O)NCc2ccc(Cl)s2)cs1. The van der Waals surface area contributed by atoms with E-state index in [2.05, 4.69) is 10.0 Å². The summed E-state index contributed by atoms with van der Waals surface area (Å²) in [6.07, 6.45) is 0. The van der Waals surface area contributed by atoms with E-state index in [1.165, 1.54) is 22.7 Å². The standard InChI is InChI=1S/C12H15ClN2O2S3/c1-2-14-6-10-5-11(8-18-10)20(16,17)15-7-9-3-4-12(13)19-9/h3-5,8,14-15H,2,6-7H2,1H3. The molecule has 0 unspecified atom stereocenters. The highest BCUT2D eigenvalue weighted by Crippen LogP contribution is 2.23. The van der Waals surface area contributed by atoms with Crippen molar-refractivity contribution in [1.82, 2.24) is 10.0 Å². The van der Waals surface area contributed by atoms with E-state index in [1.807, 2.05) is 13.0 Å². The maximum absolute atomic E-state index is 12.1. The van der Waals surface area contributed by atoms with Crippen LogP contribution < -0.4 is 10.0 Å². The molecule has 110 valence electrons. The number of halogens is 1. The largest absolute Gasteiger partial charge is 0.312 e. The first-order chi connectivity index (χ1) is 9.51. The third-order valence-electron chi connectivity index (χ3n) is 2.55. The molecule has 2 aromatic heterocycles. The lowest BCUT2D eigenvalue weighted by molar-refractivity contribution is 0.582. The summed E-state index contributed by atoms with van der Waals surface area (Å²) in [6.45, 7) is 3.83. The molecule has 0 saturated carbocycles. The molecular weight excluding hydrogens is 336 g/mol. The predicted octanol–water partition coefficient (Wildman–Crippen LogP) is 3.05. The molecule has 20 heavy (non-hydrogen) atoms. The highest BCUT2D eigenvalue weighted by Gasteiger charge is 2.16. The Hall–Kier alpha value is -0.440. The van der Waals surface area contributed by atoms with Gasteiger partial charge in [0.15, 0.2) is 0 Å². The van der Waals surface area contributed by atoms with Gasteiger partial charge in [-0.1, -0.05) is 18.5 Å². The second-order valence-electron chi connectivity index (χ2n) is 4.06. The van der Waals surface area contributed by atoms with E-state index in [9.17, 15) is 8.42 Å². The number of nitrogens with one attached hydrogen (secondary N) is 2. The third-order valence-corrected chi connectivity index (χ3v) is 6.25. The van der Waals surface area contributed by atoms with Crippen molar-refractivity contribution < 1.29 is 8.42 Å². The molecule has 0 saturated heterocycles. The number of thiophene rings is 2. The van der Waals surface area contributed by atoms with E-state index in [-0.39, 0.29) is 6.54 Å².